The largest absolute Gasteiger partial charge is 0.350 e. The van der Waals surface area contributed by atoms with Gasteiger partial charge >= 0.3 is 0 Å². The fourth-order valence-electron chi connectivity index (χ4n) is 1.56. The molecule has 20 heavy (non-hydrogen) atoms. The molecule has 0 aliphatic rings. The Labute approximate surface area is 138 Å². The number of amides is 1. The lowest BCUT2D eigenvalue weighted by molar-refractivity contribution is 0.0946. The summed E-state index contributed by atoms with van der Waals surface area (Å²) in [5.41, 5.74) is 0.691. The van der Waals surface area contributed by atoms with Gasteiger partial charge in [-0.05, 0) is 40.0 Å². The van der Waals surface area contributed by atoms with E-state index in [2.05, 4.69) is 30.7 Å². The first-order valence-electron chi connectivity index (χ1n) is 5.69. The predicted octanol–water partition coefficient (Wildman–Crippen LogP) is 2.98. The summed E-state index contributed by atoms with van der Waals surface area (Å²) in [6, 6.07) is 0. The lowest BCUT2D eigenvalue weighted by atomic mass is 10.3. The van der Waals surface area contributed by atoms with E-state index in [0.29, 0.717) is 18.7 Å². The summed E-state index contributed by atoms with van der Waals surface area (Å²) < 4.78 is 7.96. The molecule has 1 N–H and O–H groups in total. The lowest BCUT2D eigenvalue weighted by Gasteiger charge is -2.06. The number of thioether (sulfide) groups is 2. The number of rotatable bonds is 6. The highest BCUT2D eigenvalue weighted by Crippen LogP contribution is 2.32. The molecule has 0 unspecified atom stereocenters. The Balaban J connectivity index is 1.96. The highest BCUT2D eigenvalue weighted by atomic mass is 79.9. The summed E-state index contributed by atoms with van der Waals surface area (Å²) in [4.78, 5) is 12.3. The van der Waals surface area contributed by atoms with E-state index in [0.717, 1.165) is 13.7 Å². The smallest absolute Gasteiger partial charge is 0.256 e. The molecule has 2 aromatic heterocycles. The summed E-state index contributed by atoms with van der Waals surface area (Å²) in [6.07, 6.45) is 7.48. The number of hydrogen-bond donors (Lipinski definition) is 1. The SMILES string of the molecule is CSc1nsc(SC)c1C(=O)NCCn1cc(Br)cn1. The maximum atomic E-state index is 12.3. The summed E-state index contributed by atoms with van der Waals surface area (Å²) >= 11 is 7.75. The van der Waals surface area contributed by atoms with Crippen molar-refractivity contribution < 1.29 is 4.79 Å². The van der Waals surface area contributed by atoms with Crippen LogP contribution < -0.4 is 5.32 Å². The molecule has 0 aromatic carbocycles. The van der Waals surface area contributed by atoms with Crippen molar-refractivity contribution in [3.8, 4) is 0 Å². The molecule has 2 aromatic rings. The van der Waals surface area contributed by atoms with E-state index in [9.17, 15) is 4.79 Å². The minimum Gasteiger partial charge on any atom is -0.350 e. The van der Waals surface area contributed by atoms with Gasteiger partial charge in [0.1, 0.15) is 5.03 Å². The monoisotopic (exact) mass is 392 g/mol. The predicted molar refractivity (Wildman–Crippen MR) is 87.9 cm³/mol. The number of aromatic nitrogens is 3. The average molecular weight is 393 g/mol. The highest BCUT2D eigenvalue weighted by Gasteiger charge is 2.19. The second-order valence-electron chi connectivity index (χ2n) is 3.74. The third kappa shape index (κ3) is 3.78. The number of carbonyl (C=O) groups excluding carboxylic acids is 1. The van der Waals surface area contributed by atoms with E-state index >= 15 is 0 Å². The van der Waals surface area contributed by atoms with Gasteiger partial charge in [-0.25, -0.2) is 0 Å². The van der Waals surface area contributed by atoms with Gasteiger partial charge in [-0.1, -0.05) is 0 Å². The summed E-state index contributed by atoms with van der Waals surface area (Å²) in [5, 5.41) is 7.85. The standard InChI is InChI=1S/C11H13BrN4OS3/c1-18-10-8(11(19-2)20-15-10)9(17)13-3-4-16-6-7(12)5-14-16/h5-6H,3-4H2,1-2H3,(H,13,17). The Hall–Kier alpha value is -0.510. The Morgan fingerprint density at radius 3 is 2.90 bits per heavy atom. The van der Waals surface area contributed by atoms with Gasteiger partial charge < -0.3 is 5.32 Å². The number of hydrogen-bond acceptors (Lipinski definition) is 6. The molecule has 108 valence electrons. The number of nitrogens with one attached hydrogen (secondary N) is 1. The van der Waals surface area contributed by atoms with Crippen molar-refractivity contribution in [2.45, 2.75) is 15.8 Å². The molecule has 2 heterocycles. The van der Waals surface area contributed by atoms with Crippen LogP contribution in [0, 0.1) is 0 Å². The van der Waals surface area contributed by atoms with E-state index in [1.807, 2.05) is 18.7 Å². The van der Waals surface area contributed by atoms with Gasteiger partial charge in [0.15, 0.2) is 0 Å². The molecular weight excluding hydrogens is 380 g/mol. The zero-order valence-corrected chi connectivity index (χ0v) is 15.0. The molecule has 1 amide bonds. The molecule has 2 rings (SSSR count). The fraction of sp³-hybridized carbons (Fsp3) is 0.364. The van der Waals surface area contributed by atoms with E-state index < -0.39 is 0 Å². The van der Waals surface area contributed by atoms with Crippen LogP contribution >= 0.6 is 51.0 Å². The second kappa shape index (κ2) is 7.48. The van der Waals surface area contributed by atoms with Crippen LogP contribution in [0.25, 0.3) is 0 Å². The third-order valence-electron chi connectivity index (χ3n) is 2.46. The third-order valence-corrected chi connectivity index (χ3v) is 5.61. The molecule has 0 bridgehead atoms. The molecule has 0 saturated heterocycles. The Kier molecular flexibility index (Phi) is 5.94. The summed E-state index contributed by atoms with van der Waals surface area (Å²) in [5.74, 6) is -0.0707. The minimum atomic E-state index is -0.0707. The molecule has 0 atom stereocenters. The van der Waals surface area contributed by atoms with E-state index in [4.69, 9.17) is 0 Å². The van der Waals surface area contributed by atoms with Crippen molar-refractivity contribution in [2.75, 3.05) is 19.1 Å². The zero-order chi connectivity index (χ0) is 14.5. The van der Waals surface area contributed by atoms with Crippen molar-refractivity contribution >= 4 is 56.9 Å². The fourth-order valence-corrected chi connectivity index (χ4v) is 4.17. The van der Waals surface area contributed by atoms with Crippen molar-refractivity contribution in [1.29, 1.82) is 0 Å². The zero-order valence-electron chi connectivity index (χ0n) is 10.9. The lowest BCUT2D eigenvalue weighted by Crippen LogP contribution is -2.27. The highest BCUT2D eigenvalue weighted by molar-refractivity contribution is 9.10. The molecular formula is C11H13BrN4OS3. The van der Waals surface area contributed by atoms with E-state index in [1.165, 1.54) is 23.3 Å². The maximum absolute atomic E-state index is 12.3. The van der Waals surface area contributed by atoms with Crippen molar-refractivity contribution in [2.24, 2.45) is 0 Å². The Morgan fingerprint density at radius 2 is 2.30 bits per heavy atom. The summed E-state index contributed by atoms with van der Waals surface area (Å²) in [6.45, 7) is 1.17. The molecule has 0 saturated carbocycles. The van der Waals surface area contributed by atoms with Crippen LogP contribution in [-0.4, -0.2) is 39.1 Å². The van der Waals surface area contributed by atoms with Crippen LogP contribution in [0.15, 0.2) is 26.1 Å². The van der Waals surface area contributed by atoms with E-state index in [1.54, 1.807) is 22.6 Å². The minimum absolute atomic E-state index is 0.0707. The molecule has 5 nitrogen and oxygen atoms in total. The Morgan fingerprint density at radius 1 is 1.50 bits per heavy atom. The van der Waals surface area contributed by atoms with Crippen LogP contribution in [0.4, 0.5) is 0 Å². The number of halogens is 1. The Bertz CT molecular complexity index is 577. The van der Waals surface area contributed by atoms with Crippen LogP contribution in [0.5, 0.6) is 0 Å². The van der Waals surface area contributed by atoms with Gasteiger partial charge in [0.25, 0.3) is 5.91 Å². The van der Waals surface area contributed by atoms with Crippen LogP contribution in [0.3, 0.4) is 0 Å². The summed E-state index contributed by atoms with van der Waals surface area (Å²) in [7, 11) is 0. The second-order valence-corrected chi connectivity index (χ2v) is 7.29. The van der Waals surface area contributed by atoms with Gasteiger partial charge in [-0.15, -0.1) is 23.5 Å². The maximum Gasteiger partial charge on any atom is 0.256 e. The topological polar surface area (TPSA) is 59.8 Å². The number of carbonyl (C=O) groups is 1. The first-order chi connectivity index (χ1) is 9.65. The normalized spacial score (nSPS) is 10.8. The molecule has 0 spiro atoms. The first kappa shape index (κ1) is 15.9. The van der Waals surface area contributed by atoms with Crippen molar-refractivity contribution in [1.82, 2.24) is 19.5 Å². The molecule has 9 heteroatoms. The van der Waals surface area contributed by atoms with Gasteiger partial charge in [0, 0.05) is 12.7 Å². The van der Waals surface area contributed by atoms with E-state index in [-0.39, 0.29) is 5.91 Å². The number of nitrogens with zero attached hydrogens (tertiary/aromatic N) is 3. The average Bonchev–Trinajstić information content (AvgIpc) is 3.04. The van der Waals surface area contributed by atoms with Gasteiger partial charge in [0.2, 0.25) is 0 Å². The molecule has 0 radical (unpaired) electrons. The molecule has 0 fully saturated rings. The molecule has 0 aliphatic heterocycles. The van der Waals surface area contributed by atoms with Crippen molar-refractivity contribution in [3.63, 3.8) is 0 Å². The quantitative estimate of drug-likeness (QED) is 0.765. The molecule has 0 aliphatic carbocycles. The van der Waals surface area contributed by atoms with Crippen LogP contribution in [0.1, 0.15) is 10.4 Å². The van der Waals surface area contributed by atoms with Crippen LogP contribution in [-0.2, 0) is 6.54 Å². The van der Waals surface area contributed by atoms with Crippen molar-refractivity contribution in [3.05, 3.63) is 22.4 Å². The van der Waals surface area contributed by atoms with Gasteiger partial charge in [0.05, 0.1) is 27.0 Å². The first-order valence-corrected chi connectivity index (χ1v) is 9.71. The van der Waals surface area contributed by atoms with Gasteiger partial charge in [-0.2, -0.15) is 9.47 Å². The van der Waals surface area contributed by atoms with Gasteiger partial charge in [-0.3, -0.25) is 9.48 Å². The van der Waals surface area contributed by atoms with Crippen LogP contribution in [0.2, 0.25) is 0 Å².